The molecule has 1 atom stereocenters. The molecule has 0 amide bonds. The maximum atomic E-state index is 11.5. The molecule has 4 nitrogen and oxygen atoms in total. The second-order valence-electron chi connectivity index (χ2n) is 6.78. The lowest BCUT2D eigenvalue weighted by Crippen LogP contribution is -2.43. The number of rotatable bonds is 5. The fourth-order valence-corrected chi connectivity index (χ4v) is 2.61. The largest absolute Gasteiger partial charge is 0.543 e. The Morgan fingerprint density at radius 2 is 1.90 bits per heavy atom. The van der Waals surface area contributed by atoms with Gasteiger partial charge in [-0.05, 0) is 37.2 Å². The zero-order valence-corrected chi connectivity index (χ0v) is 15.1. The number of benzene rings is 1. The topological polar surface area (TPSA) is 47.6 Å². The molecule has 0 aliphatic heterocycles. The number of esters is 1. The standard InChI is InChI=1S/C16H27NO3Si/c1-12(15(18)19-5)17-13-9-8-10-14(11-13)20-21(6,7)16(2,3)4/h8-12,17H,1-7H3. The predicted molar refractivity (Wildman–Crippen MR) is 89.4 cm³/mol. The summed E-state index contributed by atoms with van der Waals surface area (Å²) in [4.78, 5) is 11.5. The van der Waals surface area contributed by atoms with Crippen molar-refractivity contribution in [1.82, 2.24) is 0 Å². The minimum absolute atomic E-state index is 0.149. The molecule has 0 saturated heterocycles. The first kappa shape index (κ1) is 17.6. The average Bonchev–Trinajstić information content (AvgIpc) is 2.36. The summed E-state index contributed by atoms with van der Waals surface area (Å²) < 4.78 is 11.0. The molecule has 0 aromatic heterocycles. The Morgan fingerprint density at radius 1 is 1.29 bits per heavy atom. The molecule has 0 aliphatic rings. The number of nitrogens with one attached hydrogen (secondary N) is 1. The molecule has 0 heterocycles. The summed E-state index contributed by atoms with van der Waals surface area (Å²) in [6, 6.07) is 7.33. The fourth-order valence-electron chi connectivity index (χ4n) is 1.58. The first-order valence-electron chi connectivity index (χ1n) is 7.20. The molecule has 118 valence electrons. The van der Waals surface area contributed by atoms with Gasteiger partial charge in [0, 0.05) is 11.8 Å². The number of ether oxygens (including phenoxy) is 1. The van der Waals surface area contributed by atoms with E-state index >= 15 is 0 Å². The van der Waals surface area contributed by atoms with Crippen LogP contribution in [0.4, 0.5) is 5.69 Å². The summed E-state index contributed by atoms with van der Waals surface area (Å²) in [6.07, 6.45) is 0. The molecule has 0 fully saturated rings. The van der Waals surface area contributed by atoms with Gasteiger partial charge in [-0.15, -0.1) is 0 Å². The SMILES string of the molecule is COC(=O)C(C)Nc1cccc(O[Si](C)(C)C(C)(C)C)c1. The van der Waals surface area contributed by atoms with Gasteiger partial charge in [0.05, 0.1) is 7.11 Å². The number of anilines is 1. The van der Waals surface area contributed by atoms with Gasteiger partial charge < -0.3 is 14.5 Å². The van der Waals surface area contributed by atoms with Gasteiger partial charge in [-0.2, -0.15) is 0 Å². The first-order valence-corrected chi connectivity index (χ1v) is 10.1. The maximum Gasteiger partial charge on any atom is 0.327 e. The molecule has 1 rings (SSSR count). The molecule has 0 aliphatic carbocycles. The Kier molecular flexibility index (Phi) is 5.45. The van der Waals surface area contributed by atoms with Crippen molar-refractivity contribution in [3.8, 4) is 5.75 Å². The summed E-state index contributed by atoms with van der Waals surface area (Å²) in [5, 5.41) is 3.27. The van der Waals surface area contributed by atoms with Crippen LogP contribution in [0.15, 0.2) is 24.3 Å². The smallest absolute Gasteiger partial charge is 0.327 e. The van der Waals surface area contributed by atoms with Crippen molar-refractivity contribution in [2.45, 2.75) is 51.9 Å². The van der Waals surface area contributed by atoms with Crippen LogP contribution in [-0.2, 0) is 9.53 Å². The van der Waals surface area contributed by atoms with E-state index in [1.807, 2.05) is 24.3 Å². The van der Waals surface area contributed by atoms with Crippen molar-refractivity contribution in [3.05, 3.63) is 24.3 Å². The molecular formula is C16H27NO3Si. The fraction of sp³-hybridized carbons (Fsp3) is 0.562. The monoisotopic (exact) mass is 309 g/mol. The Morgan fingerprint density at radius 3 is 2.43 bits per heavy atom. The van der Waals surface area contributed by atoms with Crippen molar-refractivity contribution in [2.75, 3.05) is 12.4 Å². The molecule has 0 saturated carbocycles. The van der Waals surface area contributed by atoms with Gasteiger partial charge in [0.15, 0.2) is 0 Å². The molecule has 1 aromatic rings. The minimum Gasteiger partial charge on any atom is -0.543 e. The van der Waals surface area contributed by atoms with Gasteiger partial charge in [0.25, 0.3) is 0 Å². The summed E-state index contributed by atoms with van der Waals surface area (Å²) in [5.41, 5.74) is 0.851. The first-order chi connectivity index (χ1) is 9.56. The van der Waals surface area contributed by atoms with Crippen LogP contribution in [0.5, 0.6) is 5.75 Å². The highest BCUT2D eigenvalue weighted by Crippen LogP contribution is 2.37. The Labute approximate surface area is 129 Å². The van der Waals surface area contributed by atoms with Gasteiger partial charge in [0.1, 0.15) is 11.8 Å². The molecular weight excluding hydrogens is 282 g/mol. The second-order valence-corrected chi connectivity index (χ2v) is 11.5. The van der Waals surface area contributed by atoms with Gasteiger partial charge in [0.2, 0.25) is 8.32 Å². The number of carbonyl (C=O) groups is 1. The Hall–Kier alpha value is -1.49. The molecule has 0 spiro atoms. The minimum atomic E-state index is -1.86. The lowest BCUT2D eigenvalue weighted by Gasteiger charge is -2.36. The van der Waals surface area contributed by atoms with Crippen LogP contribution in [0.3, 0.4) is 0 Å². The second kappa shape index (κ2) is 6.51. The van der Waals surface area contributed by atoms with Crippen LogP contribution in [0, 0.1) is 0 Å². The normalized spacial score (nSPS) is 13.5. The molecule has 0 bridgehead atoms. The van der Waals surface area contributed by atoms with Crippen LogP contribution in [0.2, 0.25) is 18.1 Å². The zero-order valence-electron chi connectivity index (χ0n) is 14.1. The van der Waals surface area contributed by atoms with Crippen LogP contribution in [-0.4, -0.2) is 27.4 Å². The summed E-state index contributed by atoms with van der Waals surface area (Å²) in [6.45, 7) is 12.8. The van der Waals surface area contributed by atoms with Crippen molar-refractivity contribution < 1.29 is 14.0 Å². The number of hydrogen-bond donors (Lipinski definition) is 1. The van der Waals surface area contributed by atoms with Crippen molar-refractivity contribution in [1.29, 1.82) is 0 Å². The van der Waals surface area contributed by atoms with E-state index in [9.17, 15) is 4.79 Å². The van der Waals surface area contributed by atoms with E-state index in [0.717, 1.165) is 11.4 Å². The maximum absolute atomic E-state index is 11.5. The van der Waals surface area contributed by atoms with Crippen LogP contribution in [0.25, 0.3) is 0 Å². The highest BCUT2D eigenvalue weighted by molar-refractivity contribution is 6.74. The Bertz CT molecular complexity index is 495. The third kappa shape index (κ3) is 4.77. The van der Waals surface area contributed by atoms with E-state index in [1.54, 1.807) is 6.92 Å². The van der Waals surface area contributed by atoms with Crippen LogP contribution in [0.1, 0.15) is 27.7 Å². The lowest BCUT2D eigenvalue weighted by atomic mass is 10.2. The number of hydrogen-bond acceptors (Lipinski definition) is 4. The van der Waals surface area contributed by atoms with Gasteiger partial charge in [-0.3, -0.25) is 0 Å². The van der Waals surface area contributed by atoms with E-state index < -0.39 is 14.4 Å². The molecule has 5 heteroatoms. The molecule has 1 unspecified atom stereocenters. The third-order valence-electron chi connectivity index (χ3n) is 3.95. The van der Waals surface area contributed by atoms with Gasteiger partial charge in [-0.1, -0.05) is 26.8 Å². The van der Waals surface area contributed by atoms with Crippen molar-refractivity contribution in [2.24, 2.45) is 0 Å². The van der Waals surface area contributed by atoms with Crippen molar-refractivity contribution in [3.63, 3.8) is 0 Å². The zero-order chi connectivity index (χ0) is 16.3. The highest BCUT2D eigenvalue weighted by Gasteiger charge is 2.38. The van der Waals surface area contributed by atoms with E-state index in [4.69, 9.17) is 9.16 Å². The third-order valence-corrected chi connectivity index (χ3v) is 8.31. The Balaban J connectivity index is 2.84. The van der Waals surface area contributed by atoms with E-state index in [1.165, 1.54) is 7.11 Å². The summed E-state index contributed by atoms with van der Waals surface area (Å²) >= 11 is 0. The number of carbonyl (C=O) groups excluding carboxylic acids is 1. The molecule has 0 radical (unpaired) electrons. The summed E-state index contributed by atoms with van der Waals surface area (Å²) in [5.74, 6) is 0.550. The van der Waals surface area contributed by atoms with E-state index in [2.05, 4.69) is 39.2 Å². The van der Waals surface area contributed by atoms with E-state index in [0.29, 0.717) is 0 Å². The predicted octanol–water partition coefficient (Wildman–Crippen LogP) is 4.04. The van der Waals surface area contributed by atoms with E-state index in [-0.39, 0.29) is 11.0 Å². The van der Waals surface area contributed by atoms with Gasteiger partial charge in [-0.25, -0.2) is 4.79 Å². The quantitative estimate of drug-likeness (QED) is 0.658. The average molecular weight is 309 g/mol. The highest BCUT2D eigenvalue weighted by atomic mass is 28.4. The molecule has 1 aromatic carbocycles. The number of methoxy groups -OCH3 is 1. The van der Waals surface area contributed by atoms with Gasteiger partial charge >= 0.3 is 5.97 Å². The molecule has 1 N–H and O–H groups in total. The van der Waals surface area contributed by atoms with Crippen LogP contribution < -0.4 is 9.74 Å². The van der Waals surface area contributed by atoms with Crippen molar-refractivity contribution >= 4 is 20.0 Å². The lowest BCUT2D eigenvalue weighted by molar-refractivity contribution is -0.141. The molecule has 21 heavy (non-hydrogen) atoms. The summed E-state index contributed by atoms with van der Waals surface area (Å²) in [7, 11) is -0.470. The van der Waals surface area contributed by atoms with Crippen LogP contribution >= 0.6 is 0 Å².